The molecule has 0 aliphatic carbocycles. The number of nitrogens with one attached hydrogen (secondary N) is 1. The molecule has 1 aromatic carbocycles. The third kappa shape index (κ3) is 3.20. The second-order valence-corrected chi connectivity index (χ2v) is 5.27. The molecule has 0 saturated carbocycles. The molecule has 0 amide bonds. The second kappa shape index (κ2) is 5.18. The molecule has 0 aliphatic rings. The van der Waals surface area contributed by atoms with Gasteiger partial charge in [0, 0.05) is 6.54 Å². The van der Waals surface area contributed by atoms with Crippen LogP contribution < -0.4 is 5.32 Å². The van der Waals surface area contributed by atoms with Crippen molar-refractivity contribution in [2.24, 2.45) is 11.3 Å². The lowest BCUT2D eigenvalue weighted by molar-refractivity contribution is 0.269. The van der Waals surface area contributed by atoms with E-state index < -0.39 is 5.82 Å². The molecule has 0 heterocycles. The highest BCUT2D eigenvalue weighted by Gasteiger charge is 2.22. The van der Waals surface area contributed by atoms with Crippen LogP contribution in [0, 0.1) is 28.5 Å². The van der Waals surface area contributed by atoms with E-state index in [1.54, 1.807) is 12.1 Å². The first-order chi connectivity index (χ1) is 7.88. The molecule has 1 aromatic rings. The van der Waals surface area contributed by atoms with Crippen molar-refractivity contribution in [3.05, 3.63) is 29.6 Å². The SMILES string of the molecule is CC(C)C(C)(C)CNc1cccc(F)c1C#N. The van der Waals surface area contributed by atoms with Gasteiger partial charge in [0.1, 0.15) is 17.4 Å². The highest BCUT2D eigenvalue weighted by molar-refractivity contribution is 5.57. The topological polar surface area (TPSA) is 35.8 Å². The summed E-state index contributed by atoms with van der Waals surface area (Å²) in [4.78, 5) is 0. The molecule has 0 radical (unpaired) electrons. The van der Waals surface area contributed by atoms with E-state index in [9.17, 15) is 4.39 Å². The van der Waals surface area contributed by atoms with Crippen LogP contribution >= 0.6 is 0 Å². The van der Waals surface area contributed by atoms with Crippen molar-refractivity contribution >= 4 is 5.69 Å². The van der Waals surface area contributed by atoms with E-state index in [0.717, 1.165) is 0 Å². The molecule has 2 nitrogen and oxygen atoms in total. The molecule has 1 N–H and O–H groups in total. The molecule has 0 fully saturated rings. The van der Waals surface area contributed by atoms with Crippen LogP contribution in [0.2, 0.25) is 0 Å². The van der Waals surface area contributed by atoms with Crippen molar-refractivity contribution in [3.8, 4) is 6.07 Å². The Labute approximate surface area is 102 Å². The van der Waals surface area contributed by atoms with Crippen molar-refractivity contribution in [1.82, 2.24) is 0 Å². The van der Waals surface area contributed by atoms with Gasteiger partial charge < -0.3 is 5.32 Å². The first-order valence-corrected chi connectivity index (χ1v) is 5.81. The smallest absolute Gasteiger partial charge is 0.143 e. The summed E-state index contributed by atoms with van der Waals surface area (Å²) >= 11 is 0. The Morgan fingerprint density at radius 2 is 2.06 bits per heavy atom. The summed E-state index contributed by atoms with van der Waals surface area (Å²) in [7, 11) is 0. The molecular weight excluding hydrogens is 215 g/mol. The Morgan fingerprint density at radius 3 is 2.59 bits per heavy atom. The lowest BCUT2D eigenvalue weighted by atomic mass is 9.81. The molecule has 3 heteroatoms. The molecule has 17 heavy (non-hydrogen) atoms. The van der Waals surface area contributed by atoms with Gasteiger partial charge in [-0.1, -0.05) is 33.8 Å². The van der Waals surface area contributed by atoms with Gasteiger partial charge in [0.25, 0.3) is 0 Å². The largest absolute Gasteiger partial charge is 0.383 e. The summed E-state index contributed by atoms with van der Waals surface area (Å²) in [6.07, 6.45) is 0. The van der Waals surface area contributed by atoms with Gasteiger partial charge in [0.05, 0.1) is 5.69 Å². The van der Waals surface area contributed by atoms with Crippen LogP contribution in [0.5, 0.6) is 0 Å². The lowest BCUT2D eigenvalue weighted by Crippen LogP contribution is -2.28. The average Bonchev–Trinajstić information content (AvgIpc) is 2.26. The van der Waals surface area contributed by atoms with Gasteiger partial charge >= 0.3 is 0 Å². The fourth-order valence-electron chi connectivity index (χ4n) is 1.31. The van der Waals surface area contributed by atoms with E-state index in [2.05, 4.69) is 33.0 Å². The number of hydrogen-bond acceptors (Lipinski definition) is 2. The van der Waals surface area contributed by atoms with Crippen LogP contribution in [0.4, 0.5) is 10.1 Å². The van der Waals surface area contributed by atoms with E-state index in [1.165, 1.54) is 6.07 Å². The Morgan fingerprint density at radius 1 is 1.41 bits per heavy atom. The fourth-order valence-corrected chi connectivity index (χ4v) is 1.31. The second-order valence-electron chi connectivity index (χ2n) is 5.27. The molecule has 0 bridgehead atoms. The minimum Gasteiger partial charge on any atom is -0.383 e. The van der Waals surface area contributed by atoms with Gasteiger partial charge in [-0.3, -0.25) is 0 Å². The van der Waals surface area contributed by atoms with E-state index in [0.29, 0.717) is 18.2 Å². The number of benzene rings is 1. The Hall–Kier alpha value is -1.56. The minimum absolute atomic E-state index is 0.0899. The third-order valence-electron chi connectivity index (χ3n) is 3.42. The van der Waals surface area contributed by atoms with Crippen LogP contribution in [0.25, 0.3) is 0 Å². The number of halogens is 1. The summed E-state index contributed by atoms with van der Waals surface area (Å²) in [6, 6.07) is 6.54. The molecule has 92 valence electrons. The number of hydrogen-bond donors (Lipinski definition) is 1. The molecule has 0 atom stereocenters. The average molecular weight is 234 g/mol. The zero-order valence-corrected chi connectivity index (χ0v) is 10.8. The quantitative estimate of drug-likeness (QED) is 0.860. The highest BCUT2D eigenvalue weighted by Crippen LogP contribution is 2.27. The molecule has 0 saturated heterocycles. The number of anilines is 1. The molecular formula is C14H19FN2. The normalized spacial score (nSPS) is 11.4. The summed E-state index contributed by atoms with van der Waals surface area (Å²) in [5.41, 5.74) is 0.757. The van der Waals surface area contributed by atoms with Gasteiger partial charge in [-0.2, -0.15) is 5.26 Å². The summed E-state index contributed by atoms with van der Waals surface area (Å²) in [5.74, 6) is 0.0361. The van der Waals surface area contributed by atoms with E-state index in [-0.39, 0.29) is 11.0 Å². The number of rotatable bonds is 4. The van der Waals surface area contributed by atoms with Crippen LogP contribution in [-0.2, 0) is 0 Å². The zero-order chi connectivity index (χ0) is 13.1. The Kier molecular flexibility index (Phi) is 4.11. The highest BCUT2D eigenvalue weighted by atomic mass is 19.1. The van der Waals surface area contributed by atoms with Gasteiger partial charge in [-0.25, -0.2) is 4.39 Å². The third-order valence-corrected chi connectivity index (χ3v) is 3.42. The molecule has 1 rings (SSSR count). The van der Waals surface area contributed by atoms with Gasteiger partial charge in [0.2, 0.25) is 0 Å². The molecule has 0 unspecified atom stereocenters. The molecule has 0 spiro atoms. The van der Waals surface area contributed by atoms with Crippen LogP contribution in [0.15, 0.2) is 18.2 Å². The monoisotopic (exact) mass is 234 g/mol. The van der Waals surface area contributed by atoms with Crippen LogP contribution in [0.3, 0.4) is 0 Å². The standard InChI is InChI=1S/C14H19FN2/c1-10(2)14(3,4)9-17-13-7-5-6-12(15)11(13)8-16/h5-7,10,17H,9H2,1-4H3. The van der Waals surface area contributed by atoms with E-state index >= 15 is 0 Å². The van der Waals surface area contributed by atoms with Gasteiger partial charge in [0.15, 0.2) is 0 Å². The van der Waals surface area contributed by atoms with Gasteiger partial charge in [-0.15, -0.1) is 0 Å². The zero-order valence-electron chi connectivity index (χ0n) is 10.8. The number of nitrogens with zero attached hydrogens (tertiary/aromatic N) is 1. The van der Waals surface area contributed by atoms with Crippen molar-refractivity contribution in [1.29, 1.82) is 5.26 Å². The van der Waals surface area contributed by atoms with E-state index in [1.807, 2.05) is 6.07 Å². The molecule has 0 aliphatic heterocycles. The van der Waals surface area contributed by atoms with Crippen molar-refractivity contribution in [2.75, 3.05) is 11.9 Å². The van der Waals surface area contributed by atoms with Crippen LogP contribution in [0.1, 0.15) is 33.3 Å². The predicted molar refractivity (Wildman–Crippen MR) is 68.2 cm³/mol. The Bertz CT molecular complexity index is 430. The van der Waals surface area contributed by atoms with Crippen molar-refractivity contribution < 1.29 is 4.39 Å². The van der Waals surface area contributed by atoms with Gasteiger partial charge in [-0.05, 0) is 23.5 Å². The maximum atomic E-state index is 13.4. The minimum atomic E-state index is -0.472. The number of nitriles is 1. The predicted octanol–water partition coefficient (Wildman–Crippen LogP) is 3.79. The van der Waals surface area contributed by atoms with Crippen LogP contribution in [-0.4, -0.2) is 6.54 Å². The maximum Gasteiger partial charge on any atom is 0.143 e. The Balaban J connectivity index is 2.84. The first kappa shape index (κ1) is 13.5. The van der Waals surface area contributed by atoms with Crippen molar-refractivity contribution in [2.45, 2.75) is 27.7 Å². The lowest BCUT2D eigenvalue weighted by Gasteiger charge is -2.30. The maximum absolute atomic E-state index is 13.4. The first-order valence-electron chi connectivity index (χ1n) is 5.81. The summed E-state index contributed by atoms with van der Waals surface area (Å²) in [5, 5.41) is 12.1. The van der Waals surface area contributed by atoms with Crippen molar-refractivity contribution in [3.63, 3.8) is 0 Å². The summed E-state index contributed by atoms with van der Waals surface area (Å²) < 4.78 is 13.4. The summed E-state index contributed by atoms with van der Waals surface area (Å²) in [6.45, 7) is 9.31. The fraction of sp³-hybridized carbons (Fsp3) is 0.500. The van der Waals surface area contributed by atoms with E-state index in [4.69, 9.17) is 5.26 Å². The molecule has 0 aromatic heterocycles.